The van der Waals surface area contributed by atoms with Crippen LogP contribution in [0.15, 0.2) is 22.5 Å². The second-order valence-electron chi connectivity index (χ2n) is 5.70. The van der Waals surface area contributed by atoms with E-state index >= 15 is 0 Å². The van der Waals surface area contributed by atoms with E-state index in [0.717, 1.165) is 25.5 Å². The lowest BCUT2D eigenvalue weighted by Gasteiger charge is -2.25. The molecule has 3 nitrogen and oxygen atoms in total. The van der Waals surface area contributed by atoms with Gasteiger partial charge in [0.25, 0.3) is 0 Å². The highest BCUT2D eigenvalue weighted by Crippen LogP contribution is 2.36. The number of hydrogen-bond acceptors (Lipinski definition) is 2. The SMILES string of the molecule is CN=C(NCCc1cccs1)NCC1(C)CCCC1.I. The highest BCUT2D eigenvalue weighted by Gasteiger charge is 2.28. The molecule has 0 unspecified atom stereocenters. The summed E-state index contributed by atoms with van der Waals surface area (Å²) in [5.41, 5.74) is 0.464. The van der Waals surface area contributed by atoms with Crippen molar-refractivity contribution in [1.29, 1.82) is 0 Å². The Hall–Kier alpha value is -0.300. The number of guanidine groups is 1. The van der Waals surface area contributed by atoms with Crippen LogP contribution in [-0.2, 0) is 6.42 Å². The van der Waals surface area contributed by atoms with E-state index in [-0.39, 0.29) is 24.0 Å². The molecule has 0 amide bonds. The van der Waals surface area contributed by atoms with Crippen LogP contribution in [-0.4, -0.2) is 26.1 Å². The molecule has 2 rings (SSSR count). The minimum absolute atomic E-state index is 0. The fraction of sp³-hybridized carbons (Fsp3) is 0.667. The third-order valence-electron chi connectivity index (χ3n) is 3.96. The van der Waals surface area contributed by atoms with Crippen molar-refractivity contribution in [3.8, 4) is 0 Å². The molecule has 2 N–H and O–H groups in total. The van der Waals surface area contributed by atoms with Gasteiger partial charge in [-0.25, -0.2) is 0 Å². The van der Waals surface area contributed by atoms with E-state index in [1.165, 1.54) is 30.6 Å². The van der Waals surface area contributed by atoms with Crippen molar-refractivity contribution in [2.45, 2.75) is 39.0 Å². The zero-order valence-electron chi connectivity index (χ0n) is 12.4. The van der Waals surface area contributed by atoms with Crippen LogP contribution >= 0.6 is 35.3 Å². The lowest BCUT2D eigenvalue weighted by atomic mass is 9.89. The van der Waals surface area contributed by atoms with Crippen molar-refractivity contribution in [3.63, 3.8) is 0 Å². The Balaban J connectivity index is 0.00000200. The predicted molar refractivity (Wildman–Crippen MR) is 99.4 cm³/mol. The van der Waals surface area contributed by atoms with E-state index in [1.807, 2.05) is 18.4 Å². The first kappa shape index (κ1) is 17.8. The van der Waals surface area contributed by atoms with E-state index in [9.17, 15) is 0 Å². The first-order valence-corrected chi connectivity index (χ1v) is 8.07. The molecule has 0 aromatic carbocycles. The zero-order chi connectivity index (χ0) is 13.6. The van der Waals surface area contributed by atoms with E-state index in [1.54, 1.807) is 0 Å². The summed E-state index contributed by atoms with van der Waals surface area (Å²) >= 11 is 1.82. The number of rotatable bonds is 5. The first-order valence-electron chi connectivity index (χ1n) is 7.19. The summed E-state index contributed by atoms with van der Waals surface area (Å²) in [4.78, 5) is 5.72. The van der Waals surface area contributed by atoms with Gasteiger partial charge in [0.1, 0.15) is 0 Å². The van der Waals surface area contributed by atoms with Crippen molar-refractivity contribution in [3.05, 3.63) is 22.4 Å². The normalized spacial score (nSPS) is 17.6. The molecule has 1 heterocycles. The Labute approximate surface area is 143 Å². The van der Waals surface area contributed by atoms with E-state index < -0.39 is 0 Å². The lowest BCUT2D eigenvalue weighted by Crippen LogP contribution is -2.42. The number of hydrogen-bond donors (Lipinski definition) is 2. The molecule has 20 heavy (non-hydrogen) atoms. The Morgan fingerprint density at radius 2 is 2.10 bits per heavy atom. The summed E-state index contributed by atoms with van der Waals surface area (Å²) in [6.45, 7) is 4.36. The van der Waals surface area contributed by atoms with Crippen molar-refractivity contribution in [2.24, 2.45) is 10.4 Å². The van der Waals surface area contributed by atoms with Gasteiger partial charge in [-0.2, -0.15) is 0 Å². The van der Waals surface area contributed by atoms with Gasteiger partial charge in [-0.05, 0) is 36.1 Å². The average molecular weight is 407 g/mol. The Kier molecular flexibility index (Phi) is 7.87. The molecule has 5 heteroatoms. The number of aliphatic imine (C=N–C) groups is 1. The first-order chi connectivity index (χ1) is 9.22. The van der Waals surface area contributed by atoms with E-state index in [2.05, 4.69) is 40.1 Å². The number of nitrogens with one attached hydrogen (secondary N) is 2. The predicted octanol–water partition coefficient (Wildman–Crippen LogP) is 3.65. The highest BCUT2D eigenvalue weighted by atomic mass is 127. The molecule has 114 valence electrons. The summed E-state index contributed by atoms with van der Waals surface area (Å²) in [6, 6.07) is 4.29. The van der Waals surface area contributed by atoms with Crippen LogP contribution in [0.2, 0.25) is 0 Å². The van der Waals surface area contributed by atoms with Gasteiger partial charge in [-0.15, -0.1) is 35.3 Å². The van der Waals surface area contributed by atoms with Crippen LogP contribution in [0.5, 0.6) is 0 Å². The maximum absolute atomic E-state index is 4.30. The standard InChI is InChI=1S/C15H25N3S.HI/c1-15(8-3-4-9-15)12-18-14(16-2)17-10-7-13-6-5-11-19-13;/h5-6,11H,3-4,7-10,12H2,1-2H3,(H2,16,17,18);1H. The van der Waals surface area contributed by atoms with Gasteiger partial charge >= 0.3 is 0 Å². The fourth-order valence-corrected chi connectivity index (χ4v) is 3.39. The summed E-state index contributed by atoms with van der Waals surface area (Å²) in [5, 5.41) is 9.00. The smallest absolute Gasteiger partial charge is 0.191 e. The molecule has 1 saturated carbocycles. The van der Waals surface area contributed by atoms with Crippen molar-refractivity contribution >= 4 is 41.3 Å². The number of halogens is 1. The van der Waals surface area contributed by atoms with Crippen LogP contribution in [0.4, 0.5) is 0 Å². The van der Waals surface area contributed by atoms with Gasteiger partial charge in [0.05, 0.1) is 0 Å². The lowest BCUT2D eigenvalue weighted by molar-refractivity contribution is 0.334. The van der Waals surface area contributed by atoms with Crippen molar-refractivity contribution in [2.75, 3.05) is 20.1 Å². The van der Waals surface area contributed by atoms with Crippen LogP contribution in [0.1, 0.15) is 37.5 Å². The third kappa shape index (κ3) is 5.60. The third-order valence-corrected chi connectivity index (χ3v) is 4.90. The van der Waals surface area contributed by atoms with Crippen LogP contribution in [0, 0.1) is 5.41 Å². The van der Waals surface area contributed by atoms with Gasteiger partial charge in [0.2, 0.25) is 0 Å². The molecule has 1 aliphatic rings. The quantitative estimate of drug-likeness (QED) is 0.444. The topological polar surface area (TPSA) is 36.4 Å². The van der Waals surface area contributed by atoms with Crippen LogP contribution in [0.3, 0.4) is 0 Å². The molecule has 0 radical (unpaired) electrons. The van der Waals surface area contributed by atoms with Crippen LogP contribution in [0.25, 0.3) is 0 Å². The molecule has 1 aromatic rings. The molecule has 1 aromatic heterocycles. The van der Waals surface area contributed by atoms with Gasteiger partial charge in [-0.1, -0.05) is 25.8 Å². The second kappa shape index (κ2) is 8.87. The monoisotopic (exact) mass is 407 g/mol. The maximum Gasteiger partial charge on any atom is 0.191 e. The molecular weight excluding hydrogens is 381 g/mol. The molecule has 0 spiro atoms. The molecule has 1 fully saturated rings. The average Bonchev–Trinajstić information content (AvgIpc) is 3.06. The van der Waals surface area contributed by atoms with Gasteiger partial charge in [0.15, 0.2) is 5.96 Å². The largest absolute Gasteiger partial charge is 0.356 e. The van der Waals surface area contributed by atoms with E-state index in [4.69, 9.17) is 0 Å². The maximum atomic E-state index is 4.30. The Bertz CT molecular complexity index is 397. The van der Waals surface area contributed by atoms with Gasteiger partial charge < -0.3 is 10.6 Å². The van der Waals surface area contributed by atoms with Crippen LogP contribution < -0.4 is 10.6 Å². The summed E-state index contributed by atoms with van der Waals surface area (Å²) < 4.78 is 0. The van der Waals surface area contributed by atoms with E-state index in [0.29, 0.717) is 5.41 Å². The van der Waals surface area contributed by atoms with Gasteiger partial charge in [0, 0.05) is 25.0 Å². The molecule has 0 aliphatic heterocycles. The molecular formula is C15H26IN3S. The minimum Gasteiger partial charge on any atom is -0.356 e. The zero-order valence-corrected chi connectivity index (χ0v) is 15.6. The highest BCUT2D eigenvalue weighted by molar-refractivity contribution is 14.0. The fourth-order valence-electron chi connectivity index (χ4n) is 2.68. The van der Waals surface area contributed by atoms with Crippen molar-refractivity contribution < 1.29 is 0 Å². The number of thiophene rings is 1. The van der Waals surface area contributed by atoms with Crippen molar-refractivity contribution in [1.82, 2.24) is 10.6 Å². The summed E-state index contributed by atoms with van der Waals surface area (Å²) in [5.74, 6) is 0.935. The van der Waals surface area contributed by atoms with Gasteiger partial charge in [-0.3, -0.25) is 4.99 Å². The second-order valence-corrected chi connectivity index (χ2v) is 6.73. The molecule has 1 aliphatic carbocycles. The molecule has 0 saturated heterocycles. The number of nitrogens with zero attached hydrogens (tertiary/aromatic N) is 1. The summed E-state index contributed by atoms with van der Waals surface area (Å²) in [6.07, 6.45) is 6.50. The Morgan fingerprint density at radius 1 is 1.35 bits per heavy atom. The molecule has 0 bridgehead atoms. The molecule has 0 atom stereocenters. The Morgan fingerprint density at radius 3 is 2.70 bits per heavy atom. The minimum atomic E-state index is 0. The summed E-state index contributed by atoms with van der Waals surface area (Å²) in [7, 11) is 1.84.